The monoisotopic (exact) mass is 375 g/mol. The van der Waals surface area contributed by atoms with Crippen LogP contribution in [0.5, 0.6) is 5.75 Å². The van der Waals surface area contributed by atoms with Gasteiger partial charge in [-0.25, -0.2) is 0 Å². The average molecular weight is 376 g/mol. The first-order valence-corrected chi connectivity index (χ1v) is 8.06. The smallest absolute Gasteiger partial charge is 0.313 e. The van der Waals surface area contributed by atoms with Gasteiger partial charge in [0.05, 0.1) is 19.3 Å². The summed E-state index contributed by atoms with van der Waals surface area (Å²) in [7, 11) is 1.45. The van der Waals surface area contributed by atoms with Gasteiger partial charge >= 0.3 is 11.8 Å². The topological polar surface area (TPSA) is 96.5 Å². The number of benzene rings is 2. The van der Waals surface area contributed by atoms with Crippen molar-refractivity contribution < 1.29 is 19.1 Å². The normalized spacial score (nSPS) is 9.96. The summed E-state index contributed by atoms with van der Waals surface area (Å²) in [5, 5.41) is 7.69. The second-order valence-corrected chi connectivity index (χ2v) is 5.84. The van der Waals surface area contributed by atoms with Crippen LogP contribution in [0, 0.1) is 6.92 Å². The highest BCUT2D eigenvalue weighted by molar-refractivity contribution is 6.40. The number of methoxy groups -OCH3 is 1. The second kappa shape index (κ2) is 8.87. The number of rotatable bonds is 5. The van der Waals surface area contributed by atoms with Gasteiger partial charge in [-0.1, -0.05) is 23.7 Å². The maximum absolute atomic E-state index is 12.0. The molecule has 3 N–H and O–H groups in total. The van der Waals surface area contributed by atoms with E-state index in [1.165, 1.54) is 13.2 Å². The zero-order valence-corrected chi connectivity index (χ0v) is 15.0. The Hall–Kier alpha value is -3.06. The van der Waals surface area contributed by atoms with Crippen LogP contribution in [0.4, 0.5) is 11.4 Å². The van der Waals surface area contributed by atoms with E-state index >= 15 is 0 Å². The number of amides is 3. The molecule has 2 aromatic rings. The van der Waals surface area contributed by atoms with E-state index in [9.17, 15) is 14.4 Å². The number of ether oxygens (including phenoxy) is 1. The molecule has 0 aliphatic heterocycles. The highest BCUT2D eigenvalue weighted by Crippen LogP contribution is 2.27. The van der Waals surface area contributed by atoms with Crippen LogP contribution in [0.1, 0.15) is 5.56 Å². The van der Waals surface area contributed by atoms with Crippen LogP contribution in [0.2, 0.25) is 5.02 Å². The highest BCUT2D eigenvalue weighted by atomic mass is 35.5. The molecule has 8 heteroatoms. The van der Waals surface area contributed by atoms with E-state index in [1.807, 2.05) is 13.0 Å². The molecule has 7 nitrogen and oxygen atoms in total. The summed E-state index contributed by atoms with van der Waals surface area (Å²) in [5.41, 5.74) is 1.81. The third-order valence-electron chi connectivity index (χ3n) is 3.33. The van der Waals surface area contributed by atoms with E-state index in [2.05, 4.69) is 16.0 Å². The maximum atomic E-state index is 12.0. The fourth-order valence-electron chi connectivity index (χ4n) is 2.12. The molecule has 0 saturated carbocycles. The SMILES string of the molecule is COc1ccc(Cl)cc1NC(=O)CNC(=O)C(=O)Nc1cccc(C)c1. The summed E-state index contributed by atoms with van der Waals surface area (Å²) in [6.07, 6.45) is 0. The number of hydrogen-bond donors (Lipinski definition) is 3. The second-order valence-electron chi connectivity index (χ2n) is 5.40. The molecule has 26 heavy (non-hydrogen) atoms. The Balaban J connectivity index is 1.87. The quantitative estimate of drug-likeness (QED) is 0.699. The lowest BCUT2D eigenvalue weighted by atomic mass is 10.2. The lowest BCUT2D eigenvalue weighted by molar-refractivity contribution is -0.136. The van der Waals surface area contributed by atoms with E-state index in [0.29, 0.717) is 22.1 Å². The van der Waals surface area contributed by atoms with Crippen LogP contribution in [0.3, 0.4) is 0 Å². The number of anilines is 2. The lowest BCUT2D eigenvalue weighted by Gasteiger charge is -2.11. The molecular weight excluding hydrogens is 358 g/mol. The van der Waals surface area contributed by atoms with Crippen molar-refractivity contribution in [3.63, 3.8) is 0 Å². The van der Waals surface area contributed by atoms with Gasteiger partial charge in [0.2, 0.25) is 5.91 Å². The number of nitrogens with one attached hydrogen (secondary N) is 3. The fourth-order valence-corrected chi connectivity index (χ4v) is 2.30. The van der Waals surface area contributed by atoms with Gasteiger partial charge in [-0.2, -0.15) is 0 Å². The van der Waals surface area contributed by atoms with E-state index in [1.54, 1.807) is 30.3 Å². The molecular formula is C18H18ClN3O4. The van der Waals surface area contributed by atoms with Crippen LogP contribution < -0.4 is 20.7 Å². The molecule has 0 atom stereocenters. The zero-order chi connectivity index (χ0) is 19.1. The van der Waals surface area contributed by atoms with Gasteiger partial charge < -0.3 is 20.7 Å². The van der Waals surface area contributed by atoms with Crippen LogP contribution >= 0.6 is 11.6 Å². The highest BCUT2D eigenvalue weighted by Gasteiger charge is 2.15. The molecule has 0 fully saturated rings. The molecule has 2 rings (SSSR count). The minimum atomic E-state index is -0.917. The predicted molar refractivity (Wildman–Crippen MR) is 99.5 cm³/mol. The van der Waals surface area contributed by atoms with Gasteiger partial charge in [-0.15, -0.1) is 0 Å². The lowest BCUT2D eigenvalue weighted by Crippen LogP contribution is -2.39. The molecule has 0 heterocycles. The Bertz CT molecular complexity index is 839. The summed E-state index contributed by atoms with van der Waals surface area (Å²) < 4.78 is 5.12. The molecule has 0 aliphatic carbocycles. The van der Waals surface area contributed by atoms with Gasteiger partial charge in [-0.05, 0) is 42.8 Å². The minimum Gasteiger partial charge on any atom is -0.495 e. The third kappa shape index (κ3) is 5.49. The van der Waals surface area contributed by atoms with Crippen molar-refractivity contribution >= 4 is 40.7 Å². The van der Waals surface area contributed by atoms with E-state index in [0.717, 1.165) is 5.56 Å². The summed E-state index contributed by atoms with van der Waals surface area (Å²) in [5.74, 6) is -1.88. The molecule has 0 bridgehead atoms. The van der Waals surface area contributed by atoms with Crippen LogP contribution in [0.25, 0.3) is 0 Å². The fraction of sp³-hybridized carbons (Fsp3) is 0.167. The average Bonchev–Trinajstić information content (AvgIpc) is 2.60. The standard InChI is InChI=1S/C18H18ClN3O4/c1-11-4-3-5-13(8-11)21-18(25)17(24)20-10-16(23)22-14-9-12(19)6-7-15(14)26-2/h3-9H,10H2,1-2H3,(H,20,24)(H,21,25)(H,22,23). The Morgan fingerprint density at radius 2 is 1.81 bits per heavy atom. The first kappa shape index (κ1) is 19.3. The van der Waals surface area contributed by atoms with Gasteiger partial charge in [0.25, 0.3) is 0 Å². The number of carbonyl (C=O) groups is 3. The molecule has 0 aliphatic rings. The molecule has 0 saturated heterocycles. The number of halogens is 1. The van der Waals surface area contributed by atoms with Gasteiger partial charge in [0.15, 0.2) is 0 Å². The van der Waals surface area contributed by atoms with Gasteiger partial charge in [0, 0.05) is 10.7 Å². The number of hydrogen-bond acceptors (Lipinski definition) is 4. The van der Waals surface area contributed by atoms with Crippen molar-refractivity contribution in [2.45, 2.75) is 6.92 Å². The van der Waals surface area contributed by atoms with Gasteiger partial charge in [0.1, 0.15) is 5.75 Å². The summed E-state index contributed by atoms with van der Waals surface area (Å²) in [6.45, 7) is 1.49. The summed E-state index contributed by atoms with van der Waals surface area (Å²) >= 11 is 5.88. The molecule has 0 radical (unpaired) electrons. The van der Waals surface area contributed by atoms with E-state index < -0.39 is 17.7 Å². The van der Waals surface area contributed by atoms with Crippen LogP contribution in [-0.4, -0.2) is 31.4 Å². The van der Waals surface area contributed by atoms with Crippen molar-refractivity contribution in [3.8, 4) is 5.75 Å². The zero-order valence-electron chi connectivity index (χ0n) is 14.3. The van der Waals surface area contributed by atoms with Crippen LogP contribution in [-0.2, 0) is 14.4 Å². The van der Waals surface area contributed by atoms with Crippen molar-refractivity contribution in [2.24, 2.45) is 0 Å². The number of aryl methyl sites for hydroxylation is 1. The van der Waals surface area contributed by atoms with E-state index in [4.69, 9.17) is 16.3 Å². The Morgan fingerprint density at radius 3 is 2.50 bits per heavy atom. The Kier molecular flexibility index (Phi) is 6.57. The Labute approximate surface area is 155 Å². The molecule has 136 valence electrons. The molecule has 0 aromatic heterocycles. The van der Waals surface area contributed by atoms with Crippen molar-refractivity contribution in [1.82, 2.24) is 5.32 Å². The van der Waals surface area contributed by atoms with Crippen molar-refractivity contribution in [2.75, 3.05) is 24.3 Å². The molecule has 0 unspecified atom stereocenters. The van der Waals surface area contributed by atoms with Crippen LogP contribution in [0.15, 0.2) is 42.5 Å². The maximum Gasteiger partial charge on any atom is 0.313 e. The largest absolute Gasteiger partial charge is 0.495 e. The minimum absolute atomic E-state index is 0.364. The van der Waals surface area contributed by atoms with Crippen molar-refractivity contribution in [3.05, 3.63) is 53.1 Å². The van der Waals surface area contributed by atoms with Gasteiger partial charge in [-0.3, -0.25) is 14.4 Å². The molecule has 2 aromatic carbocycles. The molecule has 3 amide bonds. The molecule has 0 spiro atoms. The number of carbonyl (C=O) groups excluding carboxylic acids is 3. The first-order chi connectivity index (χ1) is 12.4. The Morgan fingerprint density at radius 1 is 1.04 bits per heavy atom. The summed E-state index contributed by atoms with van der Waals surface area (Å²) in [6, 6.07) is 11.8. The third-order valence-corrected chi connectivity index (χ3v) is 3.56. The van der Waals surface area contributed by atoms with Crippen molar-refractivity contribution in [1.29, 1.82) is 0 Å². The summed E-state index contributed by atoms with van der Waals surface area (Å²) in [4.78, 5) is 35.6. The predicted octanol–water partition coefficient (Wildman–Crippen LogP) is 2.35. The first-order valence-electron chi connectivity index (χ1n) is 7.68. The van der Waals surface area contributed by atoms with E-state index in [-0.39, 0.29) is 6.54 Å².